The minimum atomic E-state index is -0.515. The first-order valence-corrected chi connectivity index (χ1v) is 7.14. The third-order valence-electron chi connectivity index (χ3n) is 3.80. The molecule has 3 rings (SSSR count). The molecule has 0 radical (unpaired) electrons. The van der Waals surface area contributed by atoms with E-state index in [4.69, 9.17) is 9.47 Å². The van der Waals surface area contributed by atoms with Gasteiger partial charge in [-0.2, -0.15) is 5.10 Å². The minimum absolute atomic E-state index is 0.0224. The van der Waals surface area contributed by atoms with Crippen LogP contribution in [0, 0.1) is 5.92 Å². The molecule has 0 spiro atoms. The van der Waals surface area contributed by atoms with Gasteiger partial charge in [-0.1, -0.05) is 0 Å². The highest BCUT2D eigenvalue weighted by molar-refractivity contribution is 6.04. The van der Waals surface area contributed by atoms with Crippen LogP contribution in [-0.2, 0) is 14.3 Å². The van der Waals surface area contributed by atoms with E-state index in [2.05, 4.69) is 15.5 Å². The van der Waals surface area contributed by atoms with Crippen LogP contribution in [0.25, 0.3) is 10.9 Å². The van der Waals surface area contributed by atoms with Gasteiger partial charge in [-0.3, -0.25) is 9.89 Å². The highest BCUT2D eigenvalue weighted by Crippen LogP contribution is 2.23. The highest BCUT2D eigenvalue weighted by Gasteiger charge is 2.22. The quantitative estimate of drug-likeness (QED) is 0.842. The lowest BCUT2D eigenvalue weighted by Gasteiger charge is -2.21. The summed E-state index contributed by atoms with van der Waals surface area (Å²) in [6, 6.07) is 5.27. The minimum Gasteiger partial charge on any atom is -0.464 e. The zero-order valence-electron chi connectivity index (χ0n) is 12.2. The van der Waals surface area contributed by atoms with Gasteiger partial charge in [-0.25, -0.2) is 4.79 Å². The molecule has 22 heavy (non-hydrogen) atoms. The van der Waals surface area contributed by atoms with Crippen molar-refractivity contribution in [3.8, 4) is 0 Å². The molecule has 0 saturated carbocycles. The summed E-state index contributed by atoms with van der Waals surface area (Å²) < 4.78 is 9.95. The monoisotopic (exact) mass is 303 g/mol. The third kappa shape index (κ3) is 2.80. The number of hydrogen-bond donors (Lipinski definition) is 2. The second-order valence-corrected chi connectivity index (χ2v) is 5.20. The van der Waals surface area contributed by atoms with Crippen molar-refractivity contribution in [3.05, 3.63) is 23.9 Å². The SMILES string of the molecule is COC(=O)c1n[nH]c2ccc(NC(=O)C3CCOCC3)cc12. The molecule has 1 aromatic carbocycles. The van der Waals surface area contributed by atoms with E-state index in [0.29, 0.717) is 29.8 Å². The lowest BCUT2D eigenvalue weighted by molar-refractivity contribution is -0.122. The Labute approximate surface area is 127 Å². The first kappa shape index (κ1) is 14.5. The Balaban J connectivity index is 1.81. The van der Waals surface area contributed by atoms with Crippen molar-refractivity contribution in [1.82, 2.24) is 10.2 Å². The van der Waals surface area contributed by atoms with Gasteiger partial charge in [0.1, 0.15) is 0 Å². The van der Waals surface area contributed by atoms with Crippen molar-refractivity contribution in [3.63, 3.8) is 0 Å². The van der Waals surface area contributed by atoms with Gasteiger partial charge in [-0.05, 0) is 31.0 Å². The molecule has 116 valence electrons. The molecule has 0 aliphatic carbocycles. The molecule has 1 fully saturated rings. The molecule has 2 N–H and O–H groups in total. The second-order valence-electron chi connectivity index (χ2n) is 5.20. The maximum Gasteiger partial charge on any atom is 0.359 e. The Kier molecular flexibility index (Phi) is 4.06. The normalized spacial score (nSPS) is 15.7. The van der Waals surface area contributed by atoms with Gasteiger partial charge in [0.15, 0.2) is 5.69 Å². The maximum absolute atomic E-state index is 12.2. The third-order valence-corrected chi connectivity index (χ3v) is 3.80. The Hall–Kier alpha value is -2.41. The zero-order chi connectivity index (χ0) is 15.5. The number of H-pyrrole nitrogens is 1. The average molecular weight is 303 g/mol. The summed E-state index contributed by atoms with van der Waals surface area (Å²) >= 11 is 0. The number of carbonyl (C=O) groups is 2. The van der Waals surface area contributed by atoms with Gasteiger partial charge in [0, 0.05) is 30.2 Å². The number of nitrogens with one attached hydrogen (secondary N) is 2. The molecule has 1 aliphatic heterocycles. The predicted molar refractivity (Wildman–Crippen MR) is 79.6 cm³/mol. The van der Waals surface area contributed by atoms with E-state index in [1.165, 1.54) is 7.11 Å². The Morgan fingerprint density at radius 1 is 1.36 bits per heavy atom. The van der Waals surface area contributed by atoms with Gasteiger partial charge >= 0.3 is 5.97 Å². The first-order chi connectivity index (χ1) is 10.7. The highest BCUT2D eigenvalue weighted by atomic mass is 16.5. The Morgan fingerprint density at radius 2 is 2.14 bits per heavy atom. The number of rotatable bonds is 3. The molecule has 7 nitrogen and oxygen atoms in total. The van der Waals surface area contributed by atoms with Crippen LogP contribution < -0.4 is 5.32 Å². The molecule has 1 saturated heterocycles. The fourth-order valence-electron chi connectivity index (χ4n) is 2.55. The van der Waals surface area contributed by atoms with E-state index in [0.717, 1.165) is 12.8 Å². The molecule has 0 unspecified atom stereocenters. The number of aromatic amines is 1. The standard InChI is InChI=1S/C15H17N3O4/c1-21-15(20)13-11-8-10(2-3-12(11)17-18-13)16-14(19)9-4-6-22-7-5-9/h2-3,8-9H,4-7H2,1H3,(H,16,19)(H,17,18). The number of fused-ring (bicyclic) bond motifs is 1. The number of amides is 1. The summed E-state index contributed by atoms with van der Waals surface area (Å²) in [6.07, 6.45) is 1.46. The number of methoxy groups -OCH3 is 1. The van der Waals surface area contributed by atoms with E-state index in [9.17, 15) is 9.59 Å². The molecular weight excluding hydrogens is 286 g/mol. The van der Waals surface area contributed by atoms with Crippen molar-refractivity contribution >= 4 is 28.5 Å². The van der Waals surface area contributed by atoms with Crippen LogP contribution in [0.3, 0.4) is 0 Å². The predicted octanol–water partition coefficient (Wildman–Crippen LogP) is 1.71. The van der Waals surface area contributed by atoms with Gasteiger partial charge in [0.05, 0.1) is 12.6 Å². The molecule has 0 atom stereocenters. The summed E-state index contributed by atoms with van der Waals surface area (Å²) in [5.41, 5.74) is 1.56. The topological polar surface area (TPSA) is 93.3 Å². The van der Waals surface area contributed by atoms with Crippen LogP contribution in [0.2, 0.25) is 0 Å². The lowest BCUT2D eigenvalue weighted by Crippen LogP contribution is -2.28. The summed E-state index contributed by atoms with van der Waals surface area (Å²) in [7, 11) is 1.31. The van der Waals surface area contributed by atoms with Crippen molar-refractivity contribution < 1.29 is 19.1 Å². The smallest absolute Gasteiger partial charge is 0.359 e. The van der Waals surface area contributed by atoms with E-state index in [1.54, 1.807) is 18.2 Å². The number of benzene rings is 1. The maximum atomic E-state index is 12.2. The van der Waals surface area contributed by atoms with Gasteiger partial charge in [-0.15, -0.1) is 0 Å². The number of hydrogen-bond acceptors (Lipinski definition) is 5. The van der Waals surface area contributed by atoms with Crippen LogP contribution in [0.4, 0.5) is 5.69 Å². The molecule has 1 aromatic heterocycles. The molecule has 2 heterocycles. The number of carbonyl (C=O) groups excluding carboxylic acids is 2. The van der Waals surface area contributed by atoms with Crippen LogP contribution in [0.1, 0.15) is 23.3 Å². The molecule has 1 aliphatic rings. The van der Waals surface area contributed by atoms with E-state index in [-0.39, 0.29) is 17.5 Å². The summed E-state index contributed by atoms with van der Waals surface area (Å²) in [5.74, 6) is -0.571. The second kappa shape index (κ2) is 6.15. The van der Waals surface area contributed by atoms with Crippen LogP contribution in [0.15, 0.2) is 18.2 Å². The largest absolute Gasteiger partial charge is 0.464 e. The van der Waals surface area contributed by atoms with Crippen LogP contribution in [0.5, 0.6) is 0 Å². The summed E-state index contributed by atoms with van der Waals surface area (Å²) in [4.78, 5) is 23.9. The van der Waals surface area contributed by atoms with Crippen molar-refractivity contribution in [2.24, 2.45) is 5.92 Å². The van der Waals surface area contributed by atoms with E-state index in [1.807, 2.05) is 0 Å². The summed E-state index contributed by atoms with van der Waals surface area (Å²) in [6.45, 7) is 1.23. The number of aromatic nitrogens is 2. The first-order valence-electron chi connectivity index (χ1n) is 7.14. The van der Waals surface area contributed by atoms with E-state index >= 15 is 0 Å². The number of esters is 1. The average Bonchev–Trinajstić information content (AvgIpc) is 2.98. The van der Waals surface area contributed by atoms with Crippen molar-refractivity contribution in [2.45, 2.75) is 12.8 Å². The molecule has 2 aromatic rings. The van der Waals surface area contributed by atoms with Crippen molar-refractivity contribution in [2.75, 3.05) is 25.6 Å². The number of ether oxygens (including phenoxy) is 2. The van der Waals surface area contributed by atoms with Crippen molar-refractivity contribution in [1.29, 1.82) is 0 Å². The fourth-order valence-corrected chi connectivity index (χ4v) is 2.55. The Morgan fingerprint density at radius 3 is 2.86 bits per heavy atom. The molecule has 0 bridgehead atoms. The molecular formula is C15H17N3O4. The molecule has 1 amide bonds. The van der Waals surface area contributed by atoms with Gasteiger partial charge in [0.2, 0.25) is 5.91 Å². The Bertz CT molecular complexity index is 704. The summed E-state index contributed by atoms with van der Waals surface area (Å²) in [5, 5.41) is 10.2. The number of anilines is 1. The lowest BCUT2D eigenvalue weighted by atomic mass is 9.99. The fraction of sp³-hybridized carbons (Fsp3) is 0.400. The number of nitrogens with zero attached hydrogens (tertiary/aromatic N) is 1. The van der Waals surface area contributed by atoms with E-state index < -0.39 is 5.97 Å². The van der Waals surface area contributed by atoms with Crippen LogP contribution in [-0.4, -0.2) is 42.4 Å². The molecule has 7 heteroatoms. The van der Waals surface area contributed by atoms with Gasteiger partial charge < -0.3 is 14.8 Å². The van der Waals surface area contributed by atoms with Crippen LogP contribution >= 0.6 is 0 Å². The van der Waals surface area contributed by atoms with Gasteiger partial charge in [0.25, 0.3) is 0 Å². The zero-order valence-corrected chi connectivity index (χ0v) is 12.2.